The molecule has 0 spiro atoms. The number of aryl methyl sites for hydroxylation is 1. The summed E-state index contributed by atoms with van der Waals surface area (Å²) in [7, 11) is -2.60. The molecule has 1 saturated heterocycles. The Morgan fingerprint density at radius 3 is 2.59 bits per heavy atom. The van der Waals surface area contributed by atoms with Gasteiger partial charge in [-0.2, -0.15) is 4.98 Å². The van der Waals surface area contributed by atoms with Gasteiger partial charge in [-0.05, 0) is 23.8 Å². The lowest BCUT2D eigenvalue weighted by Gasteiger charge is -2.26. The van der Waals surface area contributed by atoms with Crippen molar-refractivity contribution < 1.29 is 21.6 Å². The number of sulfonamides is 1. The van der Waals surface area contributed by atoms with Crippen LogP contribution in [0.2, 0.25) is 0 Å². The molecule has 0 aliphatic carbocycles. The molecule has 0 bridgehead atoms. The second kappa shape index (κ2) is 10.7. The highest BCUT2D eigenvalue weighted by atomic mass is 32.2. The summed E-state index contributed by atoms with van der Waals surface area (Å²) in [4.78, 5) is 21.7. The van der Waals surface area contributed by atoms with E-state index >= 15 is 4.39 Å². The summed E-state index contributed by atoms with van der Waals surface area (Å²) >= 11 is 0. The van der Waals surface area contributed by atoms with Gasteiger partial charge in [0, 0.05) is 49.7 Å². The van der Waals surface area contributed by atoms with Gasteiger partial charge in [0.05, 0.1) is 17.0 Å². The second-order valence-electron chi connectivity index (χ2n) is 9.36. The molecule has 4 aromatic rings. The molecule has 0 amide bonds. The van der Waals surface area contributed by atoms with Crippen molar-refractivity contribution in [3.63, 3.8) is 0 Å². The predicted molar refractivity (Wildman–Crippen MR) is 143 cm³/mol. The average Bonchev–Trinajstić information content (AvgIpc) is 2.90. The molecule has 5 rings (SSSR count). The van der Waals surface area contributed by atoms with Crippen LogP contribution in [0.25, 0.3) is 22.2 Å². The van der Waals surface area contributed by atoms with Gasteiger partial charge in [0.15, 0.2) is 11.6 Å². The van der Waals surface area contributed by atoms with Gasteiger partial charge in [0.1, 0.15) is 11.8 Å². The van der Waals surface area contributed by atoms with Gasteiger partial charge in [-0.3, -0.25) is 14.1 Å². The van der Waals surface area contributed by atoms with Crippen molar-refractivity contribution in [1.82, 2.24) is 19.9 Å². The molecule has 13 heteroatoms. The molecule has 39 heavy (non-hydrogen) atoms. The van der Waals surface area contributed by atoms with Crippen molar-refractivity contribution in [2.75, 3.05) is 23.1 Å². The highest BCUT2D eigenvalue weighted by Crippen LogP contribution is 2.29. The minimum atomic E-state index is -4.04. The summed E-state index contributed by atoms with van der Waals surface area (Å²) < 4.78 is 72.1. The standard InChI is InChI=1S/C26H25F3N6O3S/c1-35-24-16(11-31-26(33-24)32-18-10-17(27)12-30-13-18)9-20(25(35)36)19-7-8-21(23(29)22(19)28)34-39(37,38)14-15-5-3-2-4-6-15/h2-9,11,17-18,30,34H,10,12-14H2,1H3,(H,31,32,33)/t17-,18-/m0/s1. The van der Waals surface area contributed by atoms with Gasteiger partial charge >= 0.3 is 0 Å². The van der Waals surface area contributed by atoms with Crippen LogP contribution in [-0.2, 0) is 22.8 Å². The van der Waals surface area contributed by atoms with Crippen LogP contribution in [0.5, 0.6) is 0 Å². The van der Waals surface area contributed by atoms with Crippen molar-refractivity contribution in [1.29, 1.82) is 0 Å². The number of nitrogens with one attached hydrogen (secondary N) is 3. The summed E-state index contributed by atoms with van der Waals surface area (Å²) in [6, 6.07) is 11.6. The first-order valence-electron chi connectivity index (χ1n) is 12.1. The summed E-state index contributed by atoms with van der Waals surface area (Å²) in [6.07, 6.45) is 0.719. The molecule has 2 aromatic carbocycles. The van der Waals surface area contributed by atoms with Crippen molar-refractivity contribution >= 4 is 32.7 Å². The zero-order valence-electron chi connectivity index (χ0n) is 20.8. The lowest BCUT2D eigenvalue weighted by Crippen LogP contribution is -2.44. The van der Waals surface area contributed by atoms with Crippen molar-refractivity contribution in [3.05, 3.63) is 82.3 Å². The quantitative estimate of drug-likeness (QED) is 0.319. The Labute approximate surface area is 222 Å². The Kier molecular flexibility index (Phi) is 7.28. The maximum Gasteiger partial charge on any atom is 0.259 e. The van der Waals surface area contributed by atoms with Crippen LogP contribution in [0.4, 0.5) is 24.8 Å². The monoisotopic (exact) mass is 558 g/mol. The molecule has 2 atom stereocenters. The molecule has 0 radical (unpaired) electrons. The fourth-order valence-corrected chi connectivity index (χ4v) is 5.72. The zero-order chi connectivity index (χ0) is 27.7. The smallest absolute Gasteiger partial charge is 0.259 e. The highest BCUT2D eigenvalue weighted by molar-refractivity contribution is 7.91. The van der Waals surface area contributed by atoms with E-state index in [1.807, 2.05) is 0 Å². The Morgan fingerprint density at radius 1 is 1.08 bits per heavy atom. The minimum Gasteiger partial charge on any atom is -0.350 e. The summed E-state index contributed by atoms with van der Waals surface area (Å²) in [5.41, 5.74) is -0.994. The number of pyridine rings is 1. The van der Waals surface area contributed by atoms with Gasteiger partial charge in [0.25, 0.3) is 5.56 Å². The number of hydrogen-bond acceptors (Lipinski definition) is 7. The number of halogens is 3. The molecular formula is C26H25F3N6O3S. The second-order valence-corrected chi connectivity index (χ2v) is 11.1. The van der Waals surface area contributed by atoms with Gasteiger partial charge in [-0.15, -0.1) is 0 Å². The fourth-order valence-electron chi connectivity index (χ4n) is 4.52. The molecular weight excluding hydrogens is 533 g/mol. The number of hydrogen-bond donors (Lipinski definition) is 3. The number of piperidine rings is 1. The number of nitrogens with zero attached hydrogens (tertiary/aromatic N) is 3. The molecule has 3 N–H and O–H groups in total. The molecule has 2 aromatic heterocycles. The van der Waals surface area contributed by atoms with Gasteiger partial charge in [0.2, 0.25) is 16.0 Å². The minimum absolute atomic E-state index is 0.152. The Hall–Kier alpha value is -3.97. The molecule has 1 fully saturated rings. The van der Waals surface area contributed by atoms with E-state index in [0.29, 0.717) is 17.5 Å². The first kappa shape index (κ1) is 26.6. The molecule has 204 valence electrons. The van der Waals surface area contributed by atoms with E-state index in [0.717, 1.165) is 12.1 Å². The van der Waals surface area contributed by atoms with Crippen LogP contribution in [0.3, 0.4) is 0 Å². The number of alkyl halides is 1. The van der Waals surface area contributed by atoms with E-state index in [9.17, 15) is 22.0 Å². The predicted octanol–water partition coefficient (Wildman–Crippen LogP) is 3.33. The number of benzene rings is 2. The SMILES string of the molecule is Cn1c(=O)c(-c2ccc(NS(=O)(=O)Cc3ccccc3)c(F)c2F)cc2cnc(N[C@@H]3CNC[C@@H](F)C3)nc21. The van der Waals surface area contributed by atoms with Crippen LogP contribution in [0, 0.1) is 11.6 Å². The molecule has 1 aliphatic rings. The van der Waals surface area contributed by atoms with Gasteiger partial charge in [-0.25, -0.2) is 26.6 Å². The summed E-state index contributed by atoms with van der Waals surface area (Å²) in [5.74, 6) is -3.04. The molecule has 0 unspecified atom stereocenters. The Balaban J connectivity index is 1.43. The lowest BCUT2D eigenvalue weighted by atomic mass is 10.0. The summed E-state index contributed by atoms with van der Waals surface area (Å²) in [5, 5.41) is 6.40. The van der Waals surface area contributed by atoms with E-state index in [4.69, 9.17) is 0 Å². The first-order chi connectivity index (χ1) is 18.6. The van der Waals surface area contributed by atoms with Crippen molar-refractivity contribution in [2.45, 2.75) is 24.4 Å². The highest BCUT2D eigenvalue weighted by Gasteiger charge is 2.23. The maximum absolute atomic E-state index is 15.2. The van der Waals surface area contributed by atoms with Crippen molar-refractivity contribution in [3.8, 4) is 11.1 Å². The lowest BCUT2D eigenvalue weighted by molar-refractivity contribution is 0.254. The topological polar surface area (TPSA) is 118 Å². The van der Waals surface area contributed by atoms with E-state index < -0.39 is 44.8 Å². The van der Waals surface area contributed by atoms with E-state index in [1.165, 1.54) is 23.9 Å². The maximum atomic E-state index is 15.2. The number of aromatic nitrogens is 3. The Morgan fingerprint density at radius 2 is 1.85 bits per heavy atom. The van der Waals surface area contributed by atoms with E-state index in [2.05, 4.69) is 25.3 Å². The number of rotatable bonds is 7. The van der Waals surface area contributed by atoms with Gasteiger partial charge in [-0.1, -0.05) is 30.3 Å². The molecule has 3 heterocycles. The third-order valence-electron chi connectivity index (χ3n) is 6.42. The van der Waals surface area contributed by atoms with Gasteiger partial charge < -0.3 is 10.6 Å². The van der Waals surface area contributed by atoms with E-state index in [-0.39, 0.29) is 41.7 Å². The average molecular weight is 559 g/mol. The largest absolute Gasteiger partial charge is 0.350 e. The first-order valence-corrected chi connectivity index (χ1v) is 13.8. The van der Waals surface area contributed by atoms with Crippen LogP contribution < -0.4 is 20.9 Å². The zero-order valence-corrected chi connectivity index (χ0v) is 21.6. The Bertz CT molecular complexity index is 1700. The third kappa shape index (κ3) is 5.73. The molecule has 1 aliphatic heterocycles. The van der Waals surface area contributed by atoms with Crippen LogP contribution >= 0.6 is 0 Å². The normalized spacial score (nSPS) is 17.7. The number of anilines is 2. The third-order valence-corrected chi connectivity index (χ3v) is 7.66. The van der Waals surface area contributed by atoms with E-state index in [1.54, 1.807) is 30.3 Å². The summed E-state index contributed by atoms with van der Waals surface area (Å²) in [6.45, 7) is 0.814. The molecule has 9 nitrogen and oxygen atoms in total. The fraction of sp³-hybridized carbons (Fsp3) is 0.269. The van der Waals surface area contributed by atoms with Crippen molar-refractivity contribution in [2.24, 2.45) is 7.05 Å². The van der Waals surface area contributed by atoms with Crippen LogP contribution in [0.1, 0.15) is 12.0 Å². The molecule has 0 saturated carbocycles. The van der Waals surface area contributed by atoms with Crippen LogP contribution in [0.15, 0.2) is 59.5 Å². The van der Waals surface area contributed by atoms with Crippen LogP contribution in [-0.4, -0.2) is 48.3 Å². The number of fused-ring (bicyclic) bond motifs is 1.